The molecule has 0 radical (unpaired) electrons. The number of aromatic nitrogens is 1. The Morgan fingerprint density at radius 1 is 1.07 bits per heavy atom. The topological polar surface area (TPSA) is 70.5 Å². The van der Waals surface area contributed by atoms with E-state index in [9.17, 15) is 14.7 Å². The highest BCUT2D eigenvalue weighted by Crippen LogP contribution is 2.44. The number of carbonyl (C=O) groups is 2. The van der Waals surface area contributed by atoms with E-state index < -0.39 is 11.5 Å². The summed E-state index contributed by atoms with van der Waals surface area (Å²) >= 11 is 3.40. The molecule has 0 aliphatic carbocycles. The summed E-state index contributed by atoms with van der Waals surface area (Å²) < 4.78 is 0.732. The number of hydrogen-bond acceptors (Lipinski definition) is 4. The summed E-state index contributed by atoms with van der Waals surface area (Å²) in [4.78, 5) is 31.4. The largest absolute Gasteiger partial charge is 0.375 e. The highest BCUT2D eigenvalue weighted by Gasteiger charge is 2.51. The smallest absolute Gasteiger partial charge is 0.264 e. The van der Waals surface area contributed by atoms with Gasteiger partial charge >= 0.3 is 0 Å². The molecule has 0 saturated heterocycles. The number of anilines is 1. The SMILES string of the molecule is O=C(CC1(O)C(=O)N(Cc2ccccc2)c2ccc(Br)cc21)c1ccncc1. The minimum absolute atomic E-state index is 0.314. The van der Waals surface area contributed by atoms with Crippen molar-refractivity contribution in [2.45, 2.75) is 18.6 Å². The number of rotatable bonds is 5. The highest BCUT2D eigenvalue weighted by atomic mass is 79.9. The van der Waals surface area contributed by atoms with E-state index in [2.05, 4.69) is 20.9 Å². The van der Waals surface area contributed by atoms with Gasteiger partial charge in [-0.05, 0) is 35.9 Å². The molecule has 6 heteroatoms. The second-order valence-electron chi connectivity index (χ2n) is 6.73. The molecule has 3 aromatic rings. The van der Waals surface area contributed by atoms with Crippen molar-refractivity contribution in [3.05, 3.63) is 94.2 Å². The normalized spacial score (nSPS) is 18.2. The van der Waals surface area contributed by atoms with Crippen molar-refractivity contribution in [3.8, 4) is 0 Å². The Morgan fingerprint density at radius 3 is 2.50 bits per heavy atom. The van der Waals surface area contributed by atoms with Crippen molar-refractivity contribution in [3.63, 3.8) is 0 Å². The second-order valence-corrected chi connectivity index (χ2v) is 7.65. The van der Waals surface area contributed by atoms with Crippen LogP contribution < -0.4 is 4.90 Å². The van der Waals surface area contributed by atoms with Crippen LogP contribution in [0.3, 0.4) is 0 Å². The van der Waals surface area contributed by atoms with Crippen molar-refractivity contribution in [1.29, 1.82) is 0 Å². The second kappa shape index (κ2) is 7.30. The Bertz CT molecular complexity index is 1040. The molecule has 1 amide bonds. The van der Waals surface area contributed by atoms with E-state index in [0.717, 1.165) is 10.0 Å². The minimum atomic E-state index is -1.91. The number of hydrogen-bond donors (Lipinski definition) is 1. The summed E-state index contributed by atoms with van der Waals surface area (Å²) in [6.07, 6.45) is 2.70. The summed E-state index contributed by atoms with van der Waals surface area (Å²) in [5.74, 6) is -0.808. The van der Waals surface area contributed by atoms with Crippen LogP contribution >= 0.6 is 15.9 Å². The van der Waals surface area contributed by atoms with Gasteiger partial charge < -0.3 is 10.0 Å². The summed E-state index contributed by atoms with van der Waals surface area (Å²) in [7, 11) is 0. The summed E-state index contributed by atoms with van der Waals surface area (Å²) in [5.41, 5.74) is 0.491. The van der Waals surface area contributed by atoms with Crippen LogP contribution in [0.25, 0.3) is 0 Å². The van der Waals surface area contributed by atoms with Crippen molar-refractivity contribution < 1.29 is 14.7 Å². The van der Waals surface area contributed by atoms with Crippen LogP contribution in [-0.4, -0.2) is 21.8 Å². The predicted molar refractivity (Wildman–Crippen MR) is 109 cm³/mol. The van der Waals surface area contributed by atoms with Gasteiger partial charge in [0, 0.05) is 28.0 Å². The Morgan fingerprint density at radius 2 is 1.79 bits per heavy atom. The Balaban J connectivity index is 1.72. The first-order chi connectivity index (χ1) is 13.5. The number of carbonyl (C=O) groups excluding carboxylic acids is 2. The molecule has 0 bridgehead atoms. The van der Waals surface area contributed by atoms with Crippen LogP contribution in [0.4, 0.5) is 5.69 Å². The predicted octanol–water partition coefficient (Wildman–Crippen LogP) is 3.85. The third kappa shape index (κ3) is 3.25. The van der Waals surface area contributed by atoms with Crippen LogP contribution in [0.5, 0.6) is 0 Å². The van der Waals surface area contributed by atoms with E-state index in [1.807, 2.05) is 36.4 Å². The lowest BCUT2D eigenvalue weighted by molar-refractivity contribution is -0.136. The van der Waals surface area contributed by atoms with Gasteiger partial charge in [0.15, 0.2) is 11.4 Å². The van der Waals surface area contributed by atoms with Gasteiger partial charge in [0.1, 0.15) is 0 Å². The molecule has 1 aliphatic rings. The maximum absolute atomic E-state index is 13.3. The van der Waals surface area contributed by atoms with Gasteiger partial charge in [-0.2, -0.15) is 0 Å². The molecule has 2 aromatic carbocycles. The van der Waals surface area contributed by atoms with Crippen LogP contribution in [0.1, 0.15) is 27.9 Å². The van der Waals surface area contributed by atoms with E-state index in [-0.39, 0.29) is 12.2 Å². The number of pyridine rings is 1. The third-order valence-electron chi connectivity index (χ3n) is 4.90. The quantitative estimate of drug-likeness (QED) is 0.616. The van der Waals surface area contributed by atoms with Crippen molar-refractivity contribution in [2.24, 2.45) is 0 Å². The minimum Gasteiger partial charge on any atom is -0.375 e. The maximum atomic E-state index is 13.3. The van der Waals surface area contributed by atoms with E-state index in [4.69, 9.17) is 0 Å². The zero-order valence-electron chi connectivity index (χ0n) is 14.9. The molecular formula is C22H17BrN2O3. The molecule has 5 nitrogen and oxygen atoms in total. The standard InChI is InChI=1S/C22H17BrN2O3/c23-17-6-7-19-18(12-17)22(28,13-20(26)16-8-10-24-11-9-16)21(27)25(19)14-15-4-2-1-3-5-15/h1-12,28H,13-14H2. The third-order valence-corrected chi connectivity index (χ3v) is 5.39. The van der Waals surface area contributed by atoms with Gasteiger partial charge in [0.05, 0.1) is 18.7 Å². The fraction of sp³-hybridized carbons (Fsp3) is 0.136. The van der Waals surface area contributed by atoms with E-state index >= 15 is 0 Å². The molecular weight excluding hydrogens is 420 g/mol. The Kier molecular flexibility index (Phi) is 4.83. The number of ketones is 1. The molecule has 1 aromatic heterocycles. The van der Waals surface area contributed by atoms with Crippen LogP contribution in [-0.2, 0) is 16.9 Å². The molecule has 0 saturated carbocycles. The average Bonchev–Trinajstić information content (AvgIpc) is 2.91. The lowest BCUT2D eigenvalue weighted by Crippen LogP contribution is -2.41. The molecule has 0 spiro atoms. The molecule has 1 N–H and O–H groups in total. The molecule has 2 heterocycles. The average molecular weight is 437 g/mol. The molecule has 0 fully saturated rings. The van der Waals surface area contributed by atoms with Gasteiger partial charge in [-0.3, -0.25) is 14.6 Å². The fourth-order valence-electron chi connectivity index (χ4n) is 3.49. The van der Waals surface area contributed by atoms with Gasteiger partial charge in [-0.15, -0.1) is 0 Å². The number of Topliss-reactive ketones (excluding diaryl/α,β-unsaturated/α-hetero) is 1. The van der Waals surface area contributed by atoms with Crippen LogP contribution in [0, 0.1) is 0 Å². The van der Waals surface area contributed by atoms with Crippen LogP contribution in [0.15, 0.2) is 77.5 Å². The summed E-state index contributed by atoms with van der Waals surface area (Å²) in [6.45, 7) is 0.320. The van der Waals surface area contributed by atoms with E-state index in [1.54, 1.807) is 24.3 Å². The number of amides is 1. The zero-order chi connectivity index (χ0) is 19.7. The zero-order valence-corrected chi connectivity index (χ0v) is 16.5. The lowest BCUT2D eigenvalue weighted by atomic mass is 9.88. The number of aliphatic hydroxyl groups is 1. The summed E-state index contributed by atoms with van der Waals surface area (Å²) in [6, 6.07) is 18.0. The van der Waals surface area contributed by atoms with Gasteiger partial charge in [-0.1, -0.05) is 46.3 Å². The number of fused-ring (bicyclic) bond motifs is 1. The molecule has 28 heavy (non-hydrogen) atoms. The first-order valence-electron chi connectivity index (χ1n) is 8.80. The Hall–Kier alpha value is -2.83. The van der Waals surface area contributed by atoms with Crippen molar-refractivity contribution in [2.75, 3.05) is 4.90 Å². The number of nitrogens with zero attached hydrogens (tertiary/aromatic N) is 2. The molecule has 4 rings (SSSR count). The first-order valence-corrected chi connectivity index (χ1v) is 9.60. The number of benzene rings is 2. The monoisotopic (exact) mass is 436 g/mol. The molecule has 1 aliphatic heterocycles. The van der Waals surface area contributed by atoms with E-state index in [1.165, 1.54) is 17.3 Å². The lowest BCUT2D eigenvalue weighted by Gasteiger charge is -2.23. The Labute approximate surface area is 170 Å². The van der Waals surface area contributed by atoms with Gasteiger partial charge in [-0.25, -0.2) is 0 Å². The fourth-order valence-corrected chi connectivity index (χ4v) is 3.85. The van der Waals surface area contributed by atoms with Crippen LogP contribution in [0.2, 0.25) is 0 Å². The van der Waals surface area contributed by atoms with Gasteiger partial charge in [0.25, 0.3) is 5.91 Å². The van der Waals surface area contributed by atoms with E-state index in [0.29, 0.717) is 23.4 Å². The molecule has 1 atom stereocenters. The van der Waals surface area contributed by atoms with Crippen molar-refractivity contribution in [1.82, 2.24) is 4.98 Å². The van der Waals surface area contributed by atoms with Crippen molar-refractivity contribution >= 4 is 33.3 Å². The first kappa shape index (κ1) is 18.5. The maximum Gasteiger partial charge on any atom is 0.264 e. The molecule has 140 valence electrons. The van der Waals surface area contributed by atoms with Gasteiger partial charge in [0.2, 0.25) is 0 Å². The summed E-state index contributed by atoms with van der Waals surface area (Å²) in [5, 5.41) is 11.4. The number of halogens is 1. The molecule has 1 unspecified atom stereocenters. The highest BCUT2D eigenvalue weighted by molar-refractivity contribution is 9.10.